The van der Waals surface area contributed by atoms with E-state index in [0.29, 0.717) is 34.3 Å². The van der Waals surface area contributed by atoms with Crippen molar-refractivity contribution in [2.24, 2.45) is 11.7 Å². The van der Waals surface area contributed by atoms with E-state index in [0.717, 1.165) is 61.9 Å². The zero-order valence-electron chi connectivity index (χ0n) is 21.4. The number of halogens is 1. The first kappa shape index (κ1) is 24.8. The second kappa shape index (κ2) is 10.6. The summed E-state index contributed by atoms with van der Waals surface area (Å²) in [5.74, 6) is 0.485. The molecule has 2 aliphatic rings. The quantitative estimate of drug-likeness (QED) is 0.419. The normalized spacial score (nSPS) is 24.7. The molecule has 0 spiro atoms. The first-order chi connectivity index (χ1) is 17.4. The Balaban J connectivity index is 1.44. The molecule has 0 bridgehead atoms. The summed E-state index contributed by atoms with van der Waals surface area (Å²) in [4.78, 5) is 24.9. The molecule has 1 aliphatic heterocycles. The topological polar surface area (TPSA) is 72.1 Å². The molecule has 190 valence electrons. The Morgan fingerprint density at radius 3 is 2.83 bits per heavy atom. The van der Waals surface area contributed by atoms with E-state index < -0.39 is 0 Å². The highest BCUT2D eigenvalue weighted by molar-refractivity contribution is 6.08. The first-order valence-electron chi connectivity index (χ1n) is 13.5. The highest BCUT2D eigenvalue weighted by Crippen LogP contribution is 2.37. The van der Waals surface area contributed by atoms with Crippen molar-refractivity contribution in [3.63, 3.8) is 0 Å². The number of anilines is 1. The van der Waals surface area contributed by atoms with Gasteiger partial charge in [-0.3, -0.25) is 14.8 Å². The average Bonchev–Trinajstić information content (AvgIpc) is 2.88. The van der Waals surface area contributed by atoms with Crippen molar-refractivity contribution in [2.45, 2.75) is 83.2 Å². The molecule has 2 N–H and O–H groups in total. The van der Waals surface area contributed by atoms with Crippen molar-refractivity contribution < 1.29 is 9.18 Å². The summed E-state index contributed by atoms with van der Waals surface area (Å²) in [6, 6.07) is 7.53. The van der Waals surface area contributed by atoms with Gasteiger partial charge < -0.3 is 10.6 Å². The molecule has 0 amide bonds. The van der Waals surface area contributed by atoms with Crippen molar-refractivity contribution in [3.8, 4) is 0 Å². The number of Topliss-reactive ketones (excluding diaryl/α,β-unsaturated/α-hetero) is 1. The molecular weight excluding hydrogens is 451 g/mol. The van der Waals surface area contributed by atoms with Gasteiger partial charge in [-0.2, -0.15) is 0 Å². The molecule has 0 radical (unpaired) electrons. The molecule has 3 heterocycles. The summed E-state index contributed by atoms with van der Waals surface area (Å²) in [7, 11) is 0. The molecule has 1 aromatic carbocycles. The van der Waals surface area contributed by atoms with Gasteiger partial charge in [0.2, 0.25) is 0 Å². The van der Waals surface area contributed by atoms with Gasteiger partial charge >= 0.3 is 0 Å². The number of pyridine rings is 2. The van der Waals surface area contributed by atoms with E-state index in [9.17, 15) is 9.18 Å². The van der Waals surface area contributed by atoms with Gasteiger partial charge in [0.25, 0.3) is 0 Å². The van der Waals surface area contributed by atoms with E-state index in [-0.39, 0.29) is 24.1 Å². The van der Waals surface area contributed by atoms with Gasteiger partial charge in [-0.1, -0.05) is 13.8 Å². The van der Waals surface area contributed by atoms with E-state index in [4.69, 9.17) is 5.73 Å². The fraction of sp³-hybridized carbons (Fsp3) is 0.500. The van der Waals surface area contributed by atoms with Crippen LogP contribution in [-0.4, -0.2) is 34.4 Å². The Kier molecular flexibility index (Phi) is 7.33. The number of nitrogens with two attached hydrogens (primary N) is 1. The van der Waals surface area contributed by atoms with Gasteiger partial charge in [0, 0.05) is 48.4 Å². The van der Waals surface area contributed by atoms with Crippen LogP contribution < -0.4 is 10.6 Å². The number of hydrogen-bond acceptors (Lipinski definition) is 5. The maximum Gasteiger partial charge on any atom is 0.169 e. The van der Waals surface area contributed by atoms with E-state index in [2.05, 4.69) is 28.7 Å². The Morgan fingerprint density at radius 2 is 2.03 bits per heavy atom. The van der Waals surface area contributed by atoms with Crippen LogP contribution >= 0.6 is 0 Å². The molecule has 6 heteroatoms. The lowest BCUT2D eigenvalue weighted by atomic mass is 9.75. The molecule has 1 unspecified atom stereocenters. The molecule has 5 nitrogen and oxygen atoms in total. The number of nitrogens with zero attached hydrogens (tertiary/aromatic N) is 3. The Bertz CT molecular complexity index is 1230. The molecule has 2 fully saturated rings. The van der Waals surface area contributed by atoms with Crippen LogP contribution in [0, 0.1) is 11.7 Å². The summed E-state index contributed by atoms with van der Waals surface area (Å²) in [6.07, 6.45) is 13.2. The maximum absolute atomic E-state index is 15.0. The summed E-state index contributed by atoms with van der Waals surface area (Å²) in [5.41, 5.74) is 10.3. The predicted octanol–water partition coefficient (Wildman–Crippen LogP) is 6.19. The lowest BCUT2D eigenvalue weighted by Crippen LogP contribution is -2.39. The zero-order chi connectivity index (χ0) is 25.2. The van der Waals surface area contributed by atoms with Crippen molar-refractivity contribution in [1.29, 1.82) is 0 Å². The third-order valence-corrected chi connectivity index (χ3v) is 8.22. The number of piperidine rings is 1. The van der Waals surface area contributed by atoms with Crippen LogP contribution in [0.3, 0.4) is 0 Å². The molecule has 1 aliphatic carbocycles. The first-order valence-corrected chi connectivity index (χ1v) is 13.5. The maximum atomic E-state index is 15.0. The van der Waals surface area contributed by atoms with Crippen LogP contribution in [0.4, 0.5) is 10.1 Å². The summed E-state index contributed by atoms with van der Waals surface area (Å²) in [5, 5.41) is 0.414. The van der Waals surface area contributed by atoms with E-state index >= 15 is 0 Å². The second-order valence-corrected chi connectivity index (χ2v) is 10.9. The van der Waals surface area contributed by atoms with Crippen LogP contribution in [-0.2, 0) is 6.42 Å². The van der Waals surface area contributed by atoms with Crippen molar-refractivity contribution in [3.05, 3.63) is 65.4 Å². The Hall–Kier alpha value is -2.86. The minimum Gasteiger partial charge on any atom is -0.367 e. The average molecular weight is 489 g/mol. The third kappa shape index (κ3) is 5.01. The highest BCUT2D eigenvalue weighted by Gasteiger charge is 2.28. The smallest absolute Gasteiger partial charge is 0.169 e. The second-order valence-electron chi connectivity index (χ2n) is 10.9. The standard InChI is InChI=1S/C30H37FN4O/c1-3-23-6-4-5-11-35(23)24-16-27-28(31)8-7-26(30(27)34-18-24)29(36)15-21-17-33-10-9-25(21)20-12-19(2)13-22(32)14-20/h7-10,16-20,22-23H,3-6,11-15,32H2,1-2H3/t19-,20+,22-,23?/m0/s1. The van der Waals surface area contributed by atoms with Gasteiger partial charge in [0.05, 0.1) is 17.4 Å². The highest BCUT2D eigenvalue weighted by atomic mass is 19.1. The lowest BCUT2D eigenvalue weighted by Gasteiger charge is -2.37. The zero-order valence-corrected chi connectivity index (χ0v) is 21.4. The summed E-state index contributed by atoms with van der Waals surface area (Å²) in [6.45, 7) is 5.40. The number of rotatable bonds is 6. The lowest BCUT2D eigenvalue weighted by molar-refractivity contribution is 0.0994. The fourth-order valence-corrected chi connectivity index (χ4v) is 6.49. The molecule has 4 atom stereocenters. The van der Waals surface area contributed by atoms with Crippen LogP contribution in [0.15, 0.2) is 42.9 Å². The van der Waals surface area contributed by atoms with Gasteiger partial charge in [0.15, 0.2) is 5.78 Å². The Morgan fingerprint density at radius 1 is 1.17 bits per heavy atom. The molecule has 2 aromatic heterocycles. The monoisotopic (exact) mass is 488 g/mol. The van der Waals surface area contributed by atoms with Gasteiger partial charge in [-0.15, -0.1) is 0 Å². The van der Waals surface area contributed by atoms with Crippen molar-refractivity contribution in [2.75, 3.05) is 11.4 Å². The molecular formula is C30H37FN4O. The molecule has 1 saturated carbocycles. The van der Waals surface area contributed by atoms with E-state index in [1.165, 1.54) is 12.5 Å². The Labute approximate surface area is 213 Å². The van der Waals surface area contributed by atoms with Crippen LogP contribution in [0.2, 0.25) is 0 Å². The third-order valence-electron chi connectivity index (χ3n) is 8.22. The van der Waals surface area contributed by atoms with Crippen molar-refractivity contribution in [1.82, 2.24) is 9.97 Å². The van der Waals surface area contributed by atoms with Gasteiger partial charge in [-0.25, -0.2) is 4.39 Å². The largest absolute Gasteiger partial charge is 0.367 e. The number of carbonyl (C=O) groups is 1. The minimum atomic E-state index is -0.340. The SMILES string of the molecule is CCC1CCCCN1c1cnc2c(C(=O)Cc3cnccc3[C@@H]3C[C@H](C)C[C@H](N)C3)ccc(F)c2c1. The van der Waals surface area contributed by atoms with Gasteiger partial charge in [0.1, 0.15) is 5.82 Å². The van der Waals surface area contributed by atoms with Gasteiger partial charge in [-0.05, 0) is 92.2 Å². The number of fused-ring (bicyclic) bond motifs is 1. The number of aromatic nitrogens is 2. The fourth-order valence-electron chi connectivity index (χ4n) is 6.49. The van der Waals surface area contributed by atoms with E-state index in [1.54, 1.807) is 18.5 Å². The van der Waals surface area contributed by atoms with Crippen LogP contribution in [0.5, 0.6) is 0 Å². The molecule has 5 rings (SSSR count). The van der Waals surface area contributed by atoms with E-state index in [1.807, 2.05) is 18.3 Å². The summed E-state index contributed by atoms with van der Waals surface area (Å²) >= 11 is 0. The number of ketones is 1. The van der Waals surface area contributed by atoms with Crippen molar-refractivity contribution >= 4 is 22.4 Å². The number of benzene rings is 1. The number of hydrogen-bond donors (Lipinski definition) is 1. The molecule has 36 heavy (non-hydrogen) atoms. The molecule has 1 saturated heterocycles. The summed E-state index contributed by atoms with van der Waals surface area (Å²) < 4.78 is 15.0. The minimum absolute atomic E-state index is 0.0629. The number of carbonyl (C=O) groups excluding carboxylic acids is 1. The predicted molar refractivity (Wildman–Crippen MR) is 143 cm³/mol. The molecule has 3 aromatic rings. The van der Waals surface area contributed by atoms with Crippen LogP contribution in [0.1, 0.15) is 86.2 Å². The van der Waals surface area contributed by atoms with Crippen LogP contribution in [0.25, 0.3) is 10.9 Å².